The maximum Gasteiger partial charge on any atom is 0.243 e. The van der Waals surface area contributed by atoms with E-state index < -0.39 is 12.1 Å². The summed E-state index contributed by atoms with van der Waals surface area (Å²) < 4.78 is 5.94. The molecule has 0 unspecified atom stereocenters. The molecule has 13 nitrogen and oxygen atoms in total. The molecule has 4 aromatic carbocycles. The quantitative estimate of drug-likeness (QED) is 0.0489. The standard InChI is InChI=1S/C44H55N9O4/c45-43(46)49-24-8-14-37-30-52(41(55)29-34-16-20-35-12-4-5-13-36(35)28-34)26-6-7-27-53(39(42(56)51-37)15-9-25-50-44(47)48)40(54)23-19-32-17-21-38(22-18-32)57-31-33-10-2-1-3-11-33/h1-7,10-13,16-18,20-22,28,37,39H,8-9,14-15,19,23-27,29-31H2,(H,51,56)(H4,45,46,49)(H4,47,48,50)/b7-6+/t37-,39-/m1/s1. The molecule has 2 atom stereocenters. The fourth-order valence-corrected chi connectivity index (χ4v) is 6.83. The molecule has 13 heteroatoms. The minimum absolute atomic E-state index is 0.0128. The van der Waals surface area contributed by atoms with Gasteiger partial charge < -0.3 is 42.8 Å². The van der Waals surface area contributed by atoms with Crippen molar-refractivity contribution < 1.29 is 19.1 Å². The van der Waals surface area contributed by atoms with Gasteiger partial charge in [-0.3, -0.25) is 24.4 Å². The third-order valence-corrected chi connectivity index (χ3v) is 9.84. The summed E-state index contributed by atoms with van der Waals surface area (Å²) >= 11 is 0. The third kappa shape index (κ3) is 13.7. The smallest absolute Gasteiger partial charge is 0.243 e. The number of nitrogens with two attached hydrogens (primary N) is 4. The van der Waals surface area contributed by atoms with Gasteiger partial charge >= 0.3 is 0 Å². The summed E-state index contributed by atoms with van der Waals surface area (Å²) in [7, 11) is 0. The summed E-state index contributed by atoms with van der Waals surface area (Å²) in [4.78, 5) is 53.9. The largest absolute Gasteiger partial charge is 0.489 e. The lowest BCUT2D eigenvalue weighted by Crippen LogP contribution is -2.54. The molecule has 0 saturated heterocycles. The Bertz CT molecular complexity index is 2010. The first-order valence-electron chi connectivity index (χ1n) is 19.5. The monoisotopic (exact) mass is 773 g/mol. The highest BCUT2D eigenvalue weighted by Gasteiger charge is 2.31. The molecule has 57 heavy (non-hydrogen) atoms. The van der Waals surface area contributed by atoms with Crippen molar-refractivity contribution >= 4 is 40.4 Å². The number of carbonyl (C=O) groups excluding carboxylic acids is 3. The maximum absolute atomic E-state index is 14.3. The molecular formula is C44H55N9O4. The number of hydrogen-bond donors (Lipinski definition) is 5. The molecule has 1 aliphatic rings. The van der Waals surface area contributed by atoms with Crippen molar-refractivity contribution in [3.05, 3.63) is 126 Å². The van der Waals surface area contributed by atoms with Crippen molar-refractivity contribution in [3.8, 4) is 5.75 Å². The predicted octanol–water partition coefficient (Wildman–Crippen LogP) is 3.78. The van der Waals surface area contributed by atoms with E-state index in [1.165, 1.54) is 0 Å². The summed E-state index contributed by atoms with van der Waals surface area (Å²) in [6.45, 7) is 1.90. The van der Waals surface area contributed by atoms with Gasteiger partial charge in [0.05, 0.1) is 6.42 Å². The van der Waals surface area contributed by atoms with Crippen LogP contribution in [0.4, 0.5) is 0 Å². The summed E-state index contributed by atoms with van der Waals surface area (Å²) in [5.41, 5.74) is 25.2. The number of benzene rings is 4. The number of hydrogen-bond acceptors (Lipinski definition) is 6. The number of amides is 3. The van der Waals surface area contributed by atoms with Gasteiger partial charge in [0.15, 0.2) is 11.9 Å². The highest BCUT2D eigenvalue weighted by Crippen LogP contribution is 2.20. The number of nitrogens with one attached hydrogen (secondary N) is 1. The predicted molar refractivity (Wildman–Crippen MR) is 226 cm³/mol. The van der Waals surface area contributed by atoms with Crippen LogP contribution in [0.1, 0.15) is 48.8 Å². The first-order chi connectivity index (χ1) is 27.6. The van der Waals surface area contributed by atoms with Gasteiger partial charge in [0.25, 0.3) is 0 Å². The normalized spacial score (nSPS) is 16.5. The van der Waals surface area contributed by atoms with E-state index in [0.29, 0.717) is 58.3 Å². The lowest BCUT2D eigenvalue weighted by atomic mass is 10.0. The van der Waals surface area contributed by atoms with Crippen molar-refractivity contribution in [2.24, 2.45) is 32.9 Å². The van der Waals surface area contributed by atoms with E-state index in [4.69, 9.17) is 27.7 Å². The van der Waals surface area contributed by atoms with E-state index in [1.807, 2.05) is 109 Å². The zero-order valence-corrected chi connectivity index (χ0v) is 32.5. The molecule has 0 radical (unpaired) electrons. The number of nitrogens with zero attached hydrogens (tertiary/aromatic N) is 4. The molecular weight excluding hydrogens is 719 g/mol. The van der Waals surface area contributed by atoms with Crippen LogP contribution in [-0.2, 0) is 33.8 Å². The Morgan fingerprint density at radius 3 is 2.09 bits per heavy atom. The Kier molecular flexibility index (Phi) is 15.9. The second-order valence-corrected chi connectivity index (χ2v) is 14.2. The van der Waals surface area contributed by atoms with Gasteiger partial charge in [-0.05, 0) is 71.7 Å². The SMILES string of the molecule is NC(N)=NCCC[C@@H]1CN(C(=O)Cc2ccc3ccccc3c2)C/C=C/CN(C(=O)CCc2ccc(OCc3ccccc3)cc2)[C@H](CCCN=C(N)N)C(=O)N1. The van der Waals surface area contributed by atoms with E-state index >= 15 is 0 Å². The van der Waals surface area contributed by atoms with Crippen LogP contribution in [0.5, 0.6) is 5.75 Å². The van der Waals surface area contributed by atoms with Crippen LogP contribution in [0, 0.1) is 0 Å². The first-order valence-corrected chi connectivity index (χ1v) is 19.5. The van der Waals surface area contributed by atoms with Gasteiger partial charge in [-0.1, -0.05) is 97.1 Å². The van der Waals surface area contributed by atoms with Crippen molar-refractivity contribution in [1.29, 1.82) is 0 Å². The summed E-state index contributed by atoms with van der Waals surface area (Å²) in [6.07, 6.45) is 6.51. The average molecular weight is 774 g/mol. The Morgan fingerprint density at radius 2 is 1.37 bits per heavy atom. The Balaban J connectivity index is 1.33. The highest BCUT2D eigenvalue weighted by molar-refractivity contribution is 5.88. The Morgan fingerprint density at radius 1 is 0.719 bits per heavy atom. The van der Waals surface area contributed by atoms with E-state index in [9.17, 15) is 14.4 Å². The summed E-state index contributed by atoms with van der Waals surface area (Å²) in [6, 6.07) is 30.5. The van der Waals surface area contributed by atoms with Crippen LogP contribution < -0.4 is 33.0 Å². The molecule has 3 amide bonds. The van der Waals surface area contributed by atoms with Crippen LogP contribution in [-0.4, -0.2) is 84.2 Å². The number of aryl methyl sites for hydroxylation is 1. The average Bonchev–Trinajstić information content (AvgIpc) is 3.23. The van der Waals surface area contributed by atoms with Crippen molar-refractivity contribution in [2.45, 2.75) is 63.6 Å². The molecule has 0 fully saturated rings. The van der Waals surface area contributed by atoms with Gasteiger partial charge in [-0.25, -0.2) is 0 Å². The Hall–Kier alpha value is -6.37. The van der Waals surface area contributed by atoms with Crippen LogP contribution >= 0.6 is 0 Å². The highest BCUT2D eigenvalue weighted by atomic mass is 16.5. The second-order valence-electron chi connectivity index (χ2n) is 14.2. The fourth-order valence-electron chi connectivity index (χ4n) is 6.83. The molecule has 1 aliphatic heterocycles. The molecule has 0 saturated carbocycles. The number of rotatable bonds is 16. The van der Waals surface area contributed by atoms with Crippen molar-refractivity contribution in [2.75, 3.05) is 32.7 Å². The number of carbonyl (C=O) groups is 3. The molecule has 300 valence electrons. The van der Waals surface area contributed by atoms with Crippen LogP contribution in [0.2, 0.25) is 0 Å². The zero-order chi connectivity index (χ0) is 40.4. The topological polar surface area (TPSA) is 208 Å². The summed E-state index contributed by atoms with van der Waals surface area (Å²) in [5.74, 6) is 0.137. The van der Waals surface area contributed by atoms with E-state index in [1.54, 1.807) is 9.80 Å². The molecule has 1 heterocycles. The van der Waals surface area contributed by atoms with Crippen LogP contribution in [0.15, 0.2) is 119 Å². The molecule has 5 rings (SSSR count). The van der Waals surface area contributed by atoms with Gasteiger partial charge in [-0.15, -0.1) is 0 Å². The summed E-state index contributed by atoms with van der Waals surface area (Å²) in [5, 5.41) is 5.36. The Labute approximate surface area is 334 Å². The molecule has 0 aromatic heterocycles. The maximum atomic E-state index is 14.3. The molecule has 9 N–H and O–H groups in total. The van der Waals surface area contributed by atoms with E-state index in [2.05, 4.69) is 15.3 Å². The van der Waals surface area contributed by atoms with E-state index in [0.717, 1.165) is 33.2 Å². The molecule has 4 aromatic rings. The number of fused-ring (bicyclic) bond motifs is 1. The zero-order valence-electron chi connectivity index (χ0n) is 32.5. The van der Waals surface area contributed by atoms with Crippen LogP contribution in [0.3, 0.4) is 0 Å². The fraction of sp³-hybridized carbons (Fsp3) is 0.341. The lowest BCUT2D eigenvalue weighted by Gasteiger charge is -2.32. The van der Waals surface area contributed by atoms with Gasteiger partial charge in [-0.2, -0.15) is 0 Å². The first kappa shape index (κ1) is 41.8. The molecule has 0 aliphatic carbocycles. The van der Waals surface area contributed by atoms with Crippen LogP contribution in [0.25, 0.3) is 10.8 Å². The molecule has 0 spiro atoms. The number of aliphatic imine (C=N–C) groups is 2. The van der Waals surface area contributed by atoms with Crippen molar-refractivity contribution in [3.63, 3.8) is 0 Å². The van der Waals surface area contributed by atoms with Gasteiger partial charge in [0.2, 0.25) is 17.7 Å². The minimum atomic E-state index is -0.801. The van der Waals surface area contributed by atoms with Gasteiger partial charge in [0.1, 0.15) is 18.4 Å². The minimum Gasteiger partial charge on any atom is -0.489 e. The van der Waals surface area contributed by atoms with Gasteiger partial charge in [0, 0.05) is 45.2 Å². The number of guanidine groups is 2. The second kappa shape index (κ2) is 21.6. The van der Waals surface area contributed by atoms with Crippen molar-refractivity contribution in [1.82, 2.24) is 15.1 Å². The number of ether oxygens (including phenoxy) is 1. The lowest BCUT2D eigenvalue weighted by molar-refractivity contribution is -0.140. The van der Waals surface area contributed by atoms with E-state index in [-0.39, 0.29) is 55.6 Å². The third-order valence-electron chi connectivity index (χ3n) is 9.84. The molecule has 0 bridgehead atoms.